The van der Waals surface area contributed by atoms with Crippen molar-refractivity contribution in [1.82, 2.24) is 15.0 Å². The van der Waals surface area contributed by atoms with Crippen LogP contribution in [0, 0.1) is 0 Å². The van der Waals surface area contributed by atoms with Gasteiger partial charge in [0.2, 0.25) is 0 Å². The third-order valence-corrected chi connectivity index (χ3v) is 10.3. The van der Waals surface area contributed by atoms with Crippen molar-refractivity contribution < 1.29 is 0 Å². The standard InChI is InChI=1S/C29H25N3P2/c1-2-23-32-30-28(33(24-15-7-3-8-16-24)25-17-9-4-10-18-25)29(31-32)34(26-19-11-5-12-20-26)27-21-13-6-14-22-27/h2-22H,1,23H2. The van der Waals surface area contributed by atoms with E-state index in [-0.39, 0.29) is 0 Å². The van der Waals surface area contributed by atoms with Crippen molar-refractivity contribution in [3.63, 3.8) is 0 Å². The summed E-state index contributed by atoms with van der Waals surface area (Å²) in [6, 6.07) is 42.8. The first kappa shape index (κ1) is 22.4. The number of rotatable bonds is 8. The van der Waals surface area contributed by atoms with Crippen molar-refractivity contribution in [3.05, 3.63) is 134 Å². The van der Waals surface area contributed by atoms with Crippen LogP contribution in [0.5, 0.6) is 0 Å². The van der Waals surface area contributed by atoms with Gasteiger partial charge < -0.3 is 0 Å². The van der Waals surface area contributed by atoms with Gasteiger partial charge in [0.25, 0.3) is 0 Å². The lowest BCUT2D eigenvalue weighted by Gasteiger charge is -2.22. The molecule has 0 saturated carbocycles. The van der Waals surface area contributed by atoms with Gasteiger partial charge in [-0.25, -0.2) is 0 Å². The molecule has 1 aromatic heterocycles. The van der Waals surface area contributed by atoms with Gasteiger partial charge in [-0.3, -0.25) is 0 Å². The molecule has 0 saturated heterocycles. The second-order valence-corrected chi connectivity index (χ2v) is 12.0. The summed E-state index contributed by atoms with van der Waals surface area (Å²) in [4.78, 5) is 1.81. The van der Waals surface area contributed by atoms with Crippen molar-refractivity contribution in [2.75, 3.05) is 0 Å². The largest absolute Gasteiger partial charge is 0.180 e. The molecule has 0 fully saturated rings. The Balaban J connectivity index is 1.77. The molecule has 0 amide bonds. The molecule has 0 atom stereocenters. The van der Waals surface area contributed by atoms with Gasteiger partial charge in [-0.15, -0.1) is 6.58 Å². The van der Waals surface area contributed by atoms with Crippen molar-refractivity contribution in [2.45, 2.75) is 6.54 Å². The highest BCUT2D eigenvalue weighted by Crippen LogP contribution is 2.37. The lowest BCUT2D eigenvalue weighted by molar-refractivity contribution is 0.610. The van der Waals surface area contributed by atoms with Gasteiger partial charge in [0.05, 0.1) is 6.54 Å². The minimum atomic E-state index is -0.882. The number of benzene rings is 4. The second-order valence-electron chi connectivity index (χ2n) is 7.70. The number of aromatic nitrogens is 3. The van der Waals surface area contributed by atoms with Gasteiger partial charge in [-0.1, -0.05) is 127 Å². The van der Waals surface area contributed by atoms with Crippen LogP contribution in [0.25, 0.3) is 0 Å². The summed E-state index contributed by atoms with van der Waals surface area (Å²) >= 11 is 0. The fraction of sp³-hybridized carbons (Fsp3) is 0.0345. The molecule has 4 aromatic carbocycles. The van der Waals surface area contributed by atoms with E-state index in [9.17, 15) is 0 Å². The maximum absolute atomic E-state index is 5.10. The average molecular weight is 477 g/mol. The molecular weight excluding hydrogens is 452 g/mol. The van der Waals surface area contributed by atoms with Crippen molar-refractivity contribution in [1.29, 1.82) is 0 Å². The summed E-state index contributed by atoms with van der Waals surface area (Å²) in [7, 11) is -1.76. The zero-order valence-electron chi connectivity index (χ0n) is 18.8. The first-order chi connectivity index (χ1) is 16.8. The summed E-state index contributed by atoms with van der Waals surface area (Å²) in [6.45, 7) is 4.50. The van der Waals surface area contributed by atoms with E-state index in [0.717, 1.165) is 10.9 Å². The molecule has 5 rings (SSSR count). The van der Waals surface area contributed by atoms with Gasteiger partial charge in [0.1, 0.15) is 10.9 Å². The Morgan fingerprint density at radius 3 is 1.09 bits per heavy atom. The molecular formula is C29H25N3P2. The minimum Gasteiger partial charge on any atom is -0.180 e. The van der Waals surface area contributed by atoms with Crippen LogP contribution in [0.3, 0.4) is 0 Å². The van der Waals surface area contributed by atoms with Crippen LogP contribution in [0.2, 0.25) is 0 Å². The van der Waals surface area contributed by atoms with E-state index in [2.05, 4.69) is 128 Å². The number of nitrogens with zero attached hydrogens (tertiary/aromatic N) is 3. The van der Waals surface area contributed by atoms with Gasteiger partial charge in [-0.2, -0.15) is 15.0 Å². The highest BCUT2D eigenvalue weighted by atomic mass is 31.1. The van der Waals surface area contributed by atoms with Gasteiger partial charge >= 0.3 is 0 Å². The summed E-state index contributed by atoms with van der Waals surface area (Å²) < 4.78 is 0. The van der Waals surface area contributed by atoms with Crippen molar-refractivity contribution >= 4 is 47.9 Å². The Morgan fingerprint density at radius 1 is 0.529 bits per heavy atom. The average Bonchev–Trinajstić information content (AvgIpc) is 3.30. The molecule has 0 aliphatic carbocycles. The van der Waals surface area contributed by atoms with Crippen LogP contribution in [0.15, 0.2) is 134 Å². The Bertz CT molecular complexity index is 1160. The molecule has 0 bridgehead atoms. The van der Waals surface area contributed by atoms with Gasteiger partial charge in [0.15, 0.2) is 0 Å². The SMILES string of the molecule is C=CCn1nc(P(c2ccccc2)c2ccccc2)c(P(c2ccccc2)c2ccccc2)n1. The first-order valence-corrected chi connectivity index (χ1v) is 13.9. The molecule has 0 aliphatic heterocycles. The molecule has 1 heterocycles. The highest BCUT2D eigenvalue weighted by molar-refractivity contribution is 7.85. The first-order valence-electron chi connectivity index (χ1n) is 11.2. The van der Waals surface area contributed by atoms with E-state index in [1.165, 1.54) is 21.2 Å². The molecule has 5 heteroatoms. The molecule has 34 heavy (non-hydrogen) atoms. The topological polar surface area (TPSA) is 30.7 Å². The zero-order valence-corrected chi connectivity index (χ0v) is 20.6. The van der Waals surface area contributed by atoms with Crippen LogP contribution in [-0.4, -0.2) is 15.0 Å². The predicted octanol–water partition coefficient (Wildman–Crippen LogP) is 3.98. The third-order valence-electron chi connectivity index (χ3n) is 5.39. The van der Waals surface area contributed by atoms with E-state index in [4.69, 9.17) is 10.2 Å². The summed E-state index contributed by atoms with van der Waals surface area (Å²) in [5.41, 5.74) is 2.13. The maximum Gasteiger partial charge on any atom is 0.123 e. The maximum atomic E-state index is 5.10. The van der Waals surface area contributed by atoms with Crippen LogP contribution in [-0.2, 0) is 6.54 Å². The lowest BCUT2D eigenvalue weighted by atomic mass is 10.4. The monoisotopic (exact) mass is 477 g/mol. The molecule has 166 valence electrons. The number of hydrogen-bond donors (Lipinski definition) is 0. The zero-order chi connectivity index (χ0) is 23.2. The predicted molar refractivity (Wildman–Crippen MR) is 148 cm³/mol. The smallest absolute Gasteiger partial charge is 0.123 e. The fourth-order valence-corrected chi connectivity index (χ4v) is 8.84. The Kier molecular flexibility index (Phi) is 7.05. The van der Waals surface area contributed by atoms with E-state index in [1.54, 1.807) is 4.80 Å². The highest BCUT2D eigenvalue weighted by Gasteiger charge is 2.30. The molecule has 0 N–H and O–H groups in total. The summed E-state index contributed by atoms with van der Waals surface area (Å²) in [5.74, 6) is 0. The summed E-state index contributed by atoms with van der Waals surface area (Å²) in [5, 5.41) is 15.3. The quantitative estimate of drug-likeness (QED) is 0.250. The molecule has 0 unspecified atom stereocenters. The molecule has 0 spiro atoms. The van der Waals surface area contributed by atoms with Crippen LogP contribution in [0.4, 0.5) is 0 Å². The van der Waals surface area contributed by atoms with Crippen LogP contribution < -0.4 is 32.1 Å². The lowest BCUT2D eigenvalue weighted by Crippen LogP contribution is -2.35. The summed E-state index contributed by atoms with van der Waals surface area (Å²) in [6.07, 6.45) is 1.86. The minimum absolute atomic E-state index is 0.576. The second kappa shape index (κ2) is 10.7. The third kappa shape index (κ3) is 4.77. The van der Waals surface area contributed by atoms with Gasteiger partial charge in [0, 0.05) is 15.8 Å². The van der Waals surface area contributed by atoms with Crippen LogP contribution >= 0.6 is 15.8 Å². The van der Waals surface area contributed by atoms with Crippen molar-refractivity contribution in [2.24, 2.45) is 0 Å². The number of allylic oxidation sites excluding steroid dienone is 1. The van der Waals surface area contributed by atoms with E-state index in [0.29, 0.717) is 6.54 Å². The van der Waals surface area contributed by atoms with Crippen molar-refractivity contribution in [3.8, 4) is 0 Å². The Morgan fingerprint density at radius 2 is 0.824 bits per heavy atom. The van der Waals surface area contributed by atoms with E-state index >= 15 is 0 Å². The molecule has 0 radical (unpaired) electrons. The molecule has 5 aromatic rings. The Hall–Kier alpha value is -3.38. The number of hydrogen-bond acceptors (Lipinski definition) is 2. The molecule has 0 aliphatic rings. The van der Waals surface area contributed by atoms with Gasteiger partial charge in [-0.05, 0) is 21.2 Å². The van der Waals surface area contributed by atoms with E-state index < -0.39 is 15.8 Å². The van der Waals surface area contributed by atoms with E-state index in [1.807, 2.05) is 6.08 Å². The fourth-order valence-electron chi connectivity index (χ4n) is 3.91. The molecule has 3 nitrogen and oxygen atoms in total. The normalized spacial score (nSPS) is 11.1. The van der Waals surface area contributed by atoms with Crippen LogP contribution in [0.1, 0.15) is 0 Å². The Labute approximate surface area is 203 Å².